The molecule has 0 saturated carbocycles. The number of carbonyl (C=O) groups excluding carboxylic acids is 2. The molecule has 0 atom stereocenters. The van der Waals surface area contributed by atoms with Crippen LogP contribution in [-0.2, 0) is 36.5 Å². The van der Waals surface area contributed by atoms with Gasteiger partial charge in [0, 0.05) is 35.9 Å². The molecule has 290 valence electrons. The van der Waals surface area contributed by atoms with Gasteiger partial charge in [-0.2, -0.15) is 4.98 Å². The maximum absolute atomic E-state index is 13.5. The molecule has 3 N–H and O–H groups in total. The molecule has 1 aromatic heterocycles. The first-order chi connectivity index (χ1) is 25.9. The van der Waals surface area contributed by atoms with Crippen molar-refractivity contribution in [1.29, 1.82) is 0 Å². The summed E-state index contributed by atoms with van der Waals surface area (Å²) in [5, 5.41) is 7.04. The average molecular weight is 790 g/mol. The van der Waals surface area contributed by atoms with Crippen LogP contribution in [0.15, 0.2) is 83.9 Å². The summed E-state index contributed by atoms with van der Waals surface area (Å²) in [6.45, 7) is 7.51. The summed E-state index contributed by atoms with van der Waals surface area (Å²) in [4.78, 5) is 34.2. The standard InChI is InChI=1S/C39H43N5O9S2/c1-8-26(45)23-55(49,50)34-16-13-24(19-33(34)51-5)20-35-40-18-17-36(43-35)53-32-15-14-29(27-11-9-10-12-28(27)32)41-38(46)42-30-21-25(39(2,3)4)22-31(37(30)52-6)44-54(7,47)48/h9-19,21-22,44H,8,20,23H2,1-7H3,(H2,41,42,46). The van der Waals surface area contributed by atoms with E-state index >= 15 is 0 Å². The summed E-state index contributed by atoms with van der Waals surface area (Å²) in [7, 11) is -4.79. The second-order valence-electron chi connectivity index (χ2n) is 13.7. The fourth-order valence-corrected chi connectivity index (χ4v) is 7.74. The Kier molecular flexibility index (Phi) is 12.0. The molecule has 1 heterocycles. The molecule has 0 fully saturated rings. The van der Waals surface area contributed by atoms with Gasteiger partial charge < -0.3 is 24.8 Å². The zero-order valence-electron chi connectivity index (χ0n) is 31.5. The van der Waals surface area contributed by atoms with Crippen molar-refractivity contribution < 1.29 is 40.6 Å². The lowest BCUT2D eigenvalue weighted by atomic mass is 9.86. The van der Waals surface area contributed by atoms with Crippen LogP contribution < -0.4 is 29.6 Å². The number of amides is 2. The first-order valence-corrected chi connectivity index (χ1v) is 20.7. The van der Waals surface area contributed by atoms with Crippen molar-refractivity contribution >= 4 is 59.5 Å². The number of sulfone groups is 1. The van der Waals surface area contributed by atoms with Crippen LogP contribution in [-0.4, -0.2) is 64.8 Å². The van der Waals surface area contributed by atoms with Gasteiger partial charge in [-0.1, -0.05) is 58.0 Å². The van der Waals surface area contributed by atoms with E-state index in [0.29, 0.717) is 33.6 Å². The topological polar surface area (TPSA) is 192 Å². The van der Waals surface area contributed by atoms with Crippen LogP contribution in [0.5, 0.6) is 23.1 Å². The summed E-state index contributed by atoms with van der Waals surface area (Å²) in [6.07, 6.45) is 2.93. The molecule has 5 rings (SSSR count). The Bertz CT molecular complexity index is 2480. The smallest absolute Gasteiger partial charge is 0.323 e. The van der Waals surface area contributed by atoms with Crippen LogP contribution in [0.25, 0.3) is 10.8 Å². The first kappa shape index (κ1) is 40.4. The minimum absolute atomic E-state index is 0.0636. The molecule has 0 aliphatic heterocycles. The lowest BCUT2D eigenvalue weighted by Gasteiger charge is -2.24. The van der Waals surface area contributed by atoms with Crippen molar-refractivity contribution in [3.63, 3.8) is 0 Å². The Balaban J connectivity index is 1.37. The minimum Gasteiger partial charge on any atom is -0.495 e. The van der Waals surface area contributed by atoms with Gasteiger partial charge in [-0.25, -0.2) is 26.6 Å². The number of nitrogens with one attached hydrogen (secondary N) is 3. The molecule has 5 aromatic rings. The fraction of sp³-hybridized carbons (Fsp3) is 0.282. The van der Waals surface area contributed by atoms with E-state index in [2.05, 4.69) is 25.3 Å². The summed E-state index contributed by atoms with van der Waals surface area (Å²) in [5.41, 5.74) is 2.00. The number of benzene rings is 4. The maximum Gasteiger partial charge on any atom is 0.323 e. The van der Waals surface area contributed by atoms with Gasteiger partial charge in [-0.05, 0) is 52.9 Å². The Morgan fingerprint density at radius 3 is 2.15 bits per heavy atom. The molecule has 0 saturated heterocycles. The quantitative estimate of drug-likeness (QED) is 0.104. The highest BCUT2D eigenvalue weighted by Crippen LogP contribution is 2.40. The number of nitrogens with zero attached hydrogens (tertiary/aromatic N) is 2. The predicted octanol–water partition coefficient (Wildman–Crippen LogP) is 7.10. The highest BCUT2D eigenvalue weighted by atomic mass is 32.2. The Morgan fingerprint density at radius 2 is 1.49 bits per heavy atom. The Hall–Kier alpha value is -5.74. The fourth-order valence-electron chi connectivity index (χ4n) is 5.68. The molecule has 16 heteroatoms. The van der Waals surface area contributed by atoms with E-state index in [0.717, 1.165) is 11.8 Å². The number of ketones is 1. The van der Waals surface area contributed by atoms with Crippen molar-refractivity contribution in [2.24, 2.45) is 0 Å². The molecule has 14 nitrogen and oxygen atoms in total. The van der Waals surface area contributed by atoms with Gasteiger partial charge in [0.25, 0.3) is 0 Å². The molecule has 0 aliphatic rings. The number of rotatable bonds is 14. The summed E-state index contributed by atoms with van der Waals surface area (Å²) < 4.78 is 69.6. The maximum atomic E-state index is 13.5. The minimum atomic E-state index is -3.88. The highest BCUT2D eigenvalue weighted by molar-refractivity contribution is 7.92. The molecule has 55 heavy (non-hydrogen) atoms. The first-order valence-electron chi connectivity index (χ1n) is 17.1. The third kappa shape index (κ3) is 10.1. The number of methoxy groups -OCH3 is 2. The Morgan fingerprint density at radius 1 is 0.800 bits per heavy atom. The highest BCUT2D eigenvalue weighted by Gasteiger charge is 2.24. The number of Topliss-reactive ketones (excluding diaryl/α,β-unsaturated/α-hetero) is 1. The van der Waals surface area contributed by atoms with Gasteiger partial charge in [0.15, 0.2) is 15.6 Å². The van der Waals surface area contributed by atoms with Gasteiger partial charge in [-0.3, -0.25) is 9.52 Å². The third-order valence-corrected chi connectivity index (χ3v) is 10.7. The molecular formula is C39H43N5O9S2. The van der Waals surface area contributed by atoms with Crippen LogP contribution in [0.4, 0.5) is 21.9 Å². The molecule has 0 spiro atoms. The molecule has 0 aliphatic carbocycles. The van der Waals surface area contributed by atoms with Crippen LogP contribution >= 0.6 is 0 Å². The Labute approximate surface area is 320 Å². The molecule has 0 unspecified atom stereocenters. The van der Waals surface area contributed by atoms with Crippen LogP contribution in [0.3, 0.4) is 0 Å². The molecule has 4 aromatic carbocycles. The zero-order valence-corrected chi connectivity index (χ0v) is 33.1. The number of aromatic nitrogens is 2. The summed E-state index contributed by atoms with van der Waals surface area (Å²) >= 11 is 0. The number of anilines is 3. The molecular weight excluding hydrogens is 747 g/mol. The lowest BCUT2D eigenvalue weighted by molar-refractivity contribution is -0.116. The van der Waals surface area contributed by atoms with Crippen molar-refractivity contribution in [2.75, 3.05) is 41.6 Å². The van der Waals surface area contributed by atoms with Crippen LogP contribution in [0, 0.1) is 0 Å². The number of ether oxygens (including phenoxy) is 3. The largest absolute Gasteiger partial charge is 0.495 e. The van der Waals surface area contributed by atoms with Gasteiger partial charge in [0.2, 0.25) is 15.9 Å². The molecule has 0 bridgehead atoms. The predicted molar refractivity (Wildman–Crippen MR) is 212 cm³/mol. The molecule has 0 radical (unpaired) electrons. The van der Waals surface area contributed by atoms with E-state index in [1.54, 1.807) is 55.6 Å². The van der Waals surface area contributed by atoms with Gasteiger partial charge in [0.05, 0.1) is 37.5 Å². The number of fused-ring (bicyclic) bond motifs is 1. The van der Waals surface area contributed by atoms with Crippen molar-refractivity contribution in [3.8, 4) is 23.1 Å². The SMILES string of the molecule is CCC(=O)CS(=O)(=O)c1ccc(Cc2nccc(Oc3ccc(NC(=O)Nc4cc(C(C)(C)C)cc(NS(C)(=O)=O)c4OC)c4ccccc34)n2)cc1OC. The summed E-state index contributed by atoms with van der Waals surface area (Å²) in [6, 6.07) is 19.8. The van der Waals surface area contributed by atoms with Crippen molar-refractivity contribution in [3.05, 3.63) is 95.9 Å². The van der Waals surface area contributed by atoms with Crippen LogP contribution in [0.1, 0.15) is 51.1 Å². The van der Waals surface area contributed by atoms with Crippen molar-refractivity contribution in [1.82, 2.24) is 9.97 Å². The van der Waals surface area contributed by atoms with E-state index in [9.17, 15) is 26.4 Å². The van der Waals surface area contributed by atoms with E-state index in [-0.39, 0.29) is 57.7 Å². The number of hydrogen-bond acceptors (Lipinski definition) is 11. The number of hydrogen-bond donors (Lipinski definition) is 3. The number of urea groups is 1. The second kappa shape index (κ2) is 16.3. The van der Waals surface area contributed by atoms with Gasteiger partial charge in [-0.15, -0.1) is 0 Å². The molecule has 2 amide bonds. The number of carbonyl (C=O) groups is 2. The normalized spacial score (nSPS) is 11.8. The lowest BCUT2D eigenvalue weighted by Crippen LogP contribution is -2.22. The van der Waals surface area contributed by atoms with Crippen LogP contribution in [0.2, 0.25) is 0 Å². The second-order valence-corrected chi connectivity index (χ2v) is 17.4. The average Bonchev–Trinajstić information content (AvgIpc) is 3.11. The van der Waals surface area contributed by atoms with Gasteiger partial charge in [0.1, 0.15) is 33.8 Å². The van der Waals surface area contributed by atoms with E-state index in [1.165, 1.54) is 20.3 Å². The summed E-state index contributed by atoms with van der Waals surface area (Å²) in [5.74, 6) is 0.388. The zero-order chi connectivity index (χ0) is 40.1. The van der Waals surface area contributed by atoms with E-state index in [1.807, 2.05) is 45.0 Å². The van der Waals surface area contributed by atoms with E-state index in [4.69, 9.17) is 14.2 Å². The third-order valence-electron chi connectivity index (χ3n) is 8.40. The number of sulfonamides is 1. The van der Waals surface area contributed by atoms with Gasteiger partial charge >= 0.3 is 6.03 Å². The monoisotopic (exact) mass is 789 g/mol. The van der Waals surface area contributed by atoms with E-state index < -0.39 is 31.6 Å². The van der Waals surface area contributed by atoms with Crippen molar-refractivity contribution in [2.45, 2.75) is 50.8 Å².